The molecule has 3 nitrogen and oxygen atoms in total. The molecule has 0 amide bonds. The van der Waals surface area contributed by atoms with Gasteiger partial charge in [0, 0.05) is 15.4 Å². The summed E-state index contributed by atoms with van der Waals surface area (Å²) in [7, 11) is 0. The van der Waals surface area contributed by atoms with Crippen LogP contribution in [-0.4, -0.2) is 14.7 Å². The van der Waals surface area contributed by atoms with Gasteiger partial charge in [-0.25, -0.2) is 0 Å². The van der Waals surface area contributed by atoms with Crippen LogP contribution in [-0.2, 0) is 6.42 Å². The van der Waals surface area contributed by atoms with E-state index in [0.717, 1.165) is 5.56 Å². The van der Waals surface area contributed by atoms with Crippen molar-refractivity contribution in [3.63, 3.8) is 0 Å². The number of halogens is 1. The fourth-order valence-corrected chi connectivity index (χ4v) is 2.13. The number of aliphatic hydroxyl groups is 1. The van der Waals surface area contributed by atoms with Crippen molar-refractivity contribution in [3.05, 3.63) is 44.5 Å². The molecule has 0 aliphatic carbocycles. The number of hydrogen-bond donors (Lipinski definition) is 1. The topological polar surface area (TPSA) is 46.0 Å². The molecule has 1 heterocycles. The van der Waals surface area contributed by atoms with Gasteiger partial charge in [-0.3, -0.25) is 0 Å². The van der Waals surface area contributed by atoms with Gasteiger partial charge in [0.1, 0.15) is 11.8 Å². The lowest BCUT2D eigenvalue weighted by atomic mass is 10.1. The Bertz CT molecular complexity index is 415. The molecule has 0 radical (unpaired) electrons. The van der Waals surface area contributed by atoms with E-state index in [1.807, 2.05) is 24.3 Å². The zero-order valence-electron chi connectivity index (χ0n) is 7.80. The fraction of sp³-hybridized carbons (Fsp3) is 0.200. The Labute approximate surface area is 105 Å². The number of aliphatic hydroxyl groups excluding tert-OH is 1. The van der Waals surface area contributed by atoms with E-state index in [1.54, 1.807) is 5.38 Å². The normalized spacial score (nSPS) is 12.7. The third-order valence-corrected chi connectivity index (χ3v) is 3.30. The van der Waals surface area contributed by atoms with Crippen LogP contribution in [0.25, 0.3) is 0 Å². The van der Waals surface area contributed by atoms with Crippen LogP contribution in [0.4, 0.5) is 0 Å². The largest absolute Gasteiger partial charge is 0.386 e. The standard InChI is InChI=1S/C10H9IN2OS/c11-8-3-1-7(2-4-8)5-10(14)9-6-15-13-12-9/h1-4,6,10,14H,5H2. The summed E-state index contributed by atoms with van der Waals surface area (Å²) >= 11 is 3.52. The maximum Gasteiger partial charge on any atom is 0.104 e. The summed E-state index contributed by atoms with van der Waals surface area (Å²) in [6.45, 7) is 0. The van der Waals surface area contributed by atoms with Gasteiger partial charge in [-0.1, -0.05) is 16.6 Å². The van der Waals surface area contributed by atoms with Gasteiger partial charge >= 0.3 is 0 Å². The number of rotatable bonds is 3. The van der Waals surface area contributed by atoms with Crippen LogP contribution in [0.1, 0.15) is 17.4 Å². The number of nitrogens with zero attached hydrogens (tertiary/aromatic N) is 2. The van der Waals surface area contributed by atoms with Gasteiger partial charge in [0.15, 0.2) is 0 Å². The quantitative estimate of drug-likeness (QED) is 0.878. The Hall–Kier alpha value is -0.530. The van der Waals surface area contributed by atoms with E-state index in [1.165, 1.54) is 15.1 Å². The van der Waals surface area contributed by atoms with E-state index in [9.17, 15) is 5.11 Å². The molecule has 0 spiro atoms. The first-order valence-electron chi connectivity index (χ1n) is 4.45. The Kier molecular flexibility index (Phi) is 3.66. The zero-order chi connectivity index (χ0) is 10.7. The molecule has 1 aromatic heterocycles. The lowest BCUT2D eigenvalue weighted by molar-refractivity contribution is 0.173. The summed E-state index contributed by atoms with van der Waals surface area (Å²) < 4.78 is 4.92. The van der Waals surface area contributed by atoms with Crippen molar-refractivity contribution in [2.75, 3.05) is 0 Å². The summed E-state index contributed by atoms with van der Waals surface area (Å²) in [5, 5.41) is 15.5. The first kappa shape index (κ1) is 11.0. The van der Waals surface area contributed by atoms with Crippen LogP contribution in [0.2, 0.25) is 0 Å². The Balaban J connectivity index is 2.06. The molecule has 1 N–H and O–H groups in total. The molecule has 2 aromatic rings. The highest BCUT2D eigenvalue weighted by Crippen LogP contribution is 2.17. The highest BCUT2D eigenvalue weighted by atomic mass is 127. The second-order valence-corrected chi connectivity index (χ2v) is 5.03. The van der Waals surface area contributed by atoms with E-state index in [0.29, 0.717) is 12.1 Å². The van der Waals surface area contributed by atoms with Crippen molar-refractivity contribution in [2.24, 2.45) is 0 Å². The van der Waals surface area contributed by atoms with Gasteiger partial charge in [-0.2, -0.15) is 0 Å². The van der Waals surface area contributed by atoms with Crippen LogP contribution in [0.15, 0.2) is 29.6 Å². The molecular weight excluding hydrogens is 323 g/mol. The number of aromatic nitrogens is 2. The summed E-state index contributed by atoms with van der Waals surface area (Å²) in [6, 6.07) is 8.10. The van der Waals surface area contributed by atoms with Crippen LogP contribution < -0.4 is 0 Å². The fourth-order valence-electron chi connectivity index (χ4n) is 1.27. The second-order valence-electron chi connectivity index (χ2n) is 3.18. The van der Waals surface area contributed by atoms with Gasteiger partial charge in [0.2, 0.25) is 0 Å². The van der Waals surface area contributed by atoms with Gasteiger partial charge in [-0.05, 0) is 51.8 Å². The minimum atomic E-state index is -0.552. The van der Waals surface area contributed by atoms with Gasteiger partial charge < -0.3 is 5.11 Å². The summed E-state index contributed by atoms with van der Waals surface area (Å²) in [4.78, 5) is 0. The lowest BCUT2D eigenvalue weighted by Crippen LogP contribution is -2.02. The molecule has 0 saturated heterocycles. The molecule has 5 heteroatoms. The maximum atomic E-state index is 9.83. The molecule has 78 valence electrons. The number of hydrogen-bond acceptors (Lipinski definition) is 4. The Morgan fingerprint density at radius 3 is 2.67 bits per heavy atom. The van der Waals surface area contributed by atoms with E-state index in [-0.39, 0.29) is 0 Å². The molecule has 1 atom stereocenters. The van der Waals surface area contributed by atoms with Crippen molar-refractivity contribution in [1.82, 2.24) is 9.59 Å². The van der Waals surface area contributed by atoms with E-state index in [2.05, 4.69) is 32.2 Å². The second kappa shape index (κ2) is 5.00. The molecule has 15 heavy (non-hydrogen) atoms. The maximum absolute atomic E-state index is 9.83. The van der Waals surface area contributed by atoms with E-state index < -0.39 is 6.10 Å². The Morgan fingerprint density at radius 1 is 1.33 bits per heavy atom. The van der Waals surface area contributed by atoms with Gasteiger partial charge in [-0.15, -0.1) is 5.10 Å². The van der Waals surface area contributed by atoms with Crippen molar-refractivity contribution in [3.8, 4) is 0 Å². The first-order valence-corrected chi connectivity index (χ1v) is 6.36. The molecule has 2 rings (SSSR count). The minimum absolute atomic E-state index is 0.552. The average molecular weight is 332 g/mol. The van der Waals surface area contributed by atoms with Crippen molar-refractivity contribution in [2.45, 2.75) is 12.5 Å². The minimum Gasteiger partial charge on any atom is -0.386 e. The molecule has 0 bridgehead atoms. The number of benzene rings is 1. The summed E-state index contributed by atoms with van der Waals surface area (Å²) in [5.41, 5.74) is 1.76. The monoisotopic (exact) mass is 332 g/mol. The highest BCUT2D eigenvalue weighted by molar-refractivity contribution is 14.1. The van der Waals surface area contributed by atoms with Crippen LogP contribution >= 0.6 is 34.1 Å². The Morgan fingerprint density at radius 2 is 2.07 bits per heavy atom. The van der Waals surface area contributed by atoms with Gasteiger partial charge in [0.05, 0.1) is 0 Å². The zero-order valence-corrected chi connectivity index (χ0v) is 10.8. The van der Waals surface area contributed by atoms with Crippen molar-refractivity contribution in [1.29, 1.82) is 0 Å². The van der Waals surface area contributed by atoms with E-state index in [4.69, 9.17) is 0 Å². The van der Waals surface area contributed by atoms with Crippen LogP contribution in [0.3, 0.4) is 0 Å². The van der Waals surface area contributed by atoms with Crippen molar-refractivity contribution >= 4 is 34.1 Å². The molecule has 0 aliphatic heterocycles. The highest BCUT2D eigenvalue weighted by Gasteiger charge is 2.10. The molecule has 0 fully saturated rings. The third-order valence-electron chi connectivity index (χ3n) is 2.06. The molecule has 0 aliphatic rings. The first-order chi connectivity index (χ1) is 7.25. The smallest absolute Gasteiger partial charge is 0.104 e. The van der Waals surface area contributed by atoms with E-state index >= 15 is 0 Å². The molecule has 1 aromatic carbocycles. The lowest BCUT2D eigenvalue weighted by Gasteiger charge is -2.06. The van der Waals surface area contributed by atoms with Crippen LogP contribution in [0.5, 0.6) is 0 Å². The summed E-state index contributed by atoms with van der Waals surface area (Å²) in [6.07, 6.45) is 0.0336. The predicted molar refractivity (Wildman–Crippen MR) is 67.7 cm³/mol. The average Bonchev–Trinajstić information content (AvgIpc) is 2.74. The summed E-state index contributed by atoms with van der Waals surface area (Å²) in [5.74, 6) is 0. The molecule has 1 unspecified atom stereocenters. The van der Waals surface area contributed by atoms with Gasteiger partial charge in [0.25, 0.3) is 0 Å². The van der Waals surface area contributed by atoms with Crippen molar-refractivity contribution < 1.29 is 5.11 Å². The SMILES string of the molecule is OC(Cc1ccc(I)cc1)c1csnn1. The third kappa shape index (κ3) is 2.96. The molecule has 0 saturated carbocycles. The predicted octanol–water partition coefficient (Wildman–Crippen LogP) is 2.42. The molecular formula is C10H9IN2OS. The van der Waals surface area contributed by atoms with Crippen LogP contribution in [0, 0.1) is 3.57 Å².